The SMILES string of the molecule is O=C(C(/C=N/Nc1ccccc1)=N/Nc1ccccc1)c1cccs1. The van der Waals surface area contributed by atoms with E-state index in [0.717, 1.165) is 11.4 Å². The van der Waals surface area contributed by atoms with E-state index in [1.54, 1.807) is 6.07 Å². The van der Waals surface area contributed by atoms with Crippen LogP contribution in [-0.4, -0.2) is 17.7 Å². The quantitative estimate of drug-likeness (QED) is 0.375. The number of anilines is 2. The number of carbonyl (C=O) groups excluding carboxylic acids is 1. The van der Waals surface area contributed by atoms with Crippen molar-refractivity contribution < 1.29 is 4.79 Å². The van der Waals surface area contributed by atoms with Gasteiger partial charge in [0.2, 0.25) is 5.78 Å². The van der Waals surface area contributed by atoms with Gasteiger partial charge in [0.15, 0.2) is 5.71 Å². The number of hydrogen-bond acceptors (Lipinski definition) is 6. The maximum Gasteiger partial charge on any atom is 0.224 e. The molecule has 0 amide bonds. The Hall–Kier alpha value is -3.25. The van der Waals surface area contributed by atoms with Crippen molar-refractivity contribution in [2.24, 2.45) is 10.2 Å². The zero-order chi connectivity index (χ0) is 17.3. The van der Waals surface area contributed by atoms with Gasteiger partial charge in [-0.25, -0.2) is 0 Å². The van der Waals surface area contributed by atoms with E-state index in [1.165, 1.54) is 17.6 Å². The van der Waals surface area contributed by atoms with Gasteiger partial charge in [-0.05, 0) is 35.7 Å². The molecule has 0 atom stereocenters. The fourth-order valence-corrected chi connectivity index (χ4v) is 2.66. The number of hydrazone groups is 2. The van der Waals surface area contributed by atoms with E-state index in [-0.39, 0.29) is 11.5 Å². The number of benzene rings is 2. The molecular weight excluding hydrogens is 332 g/mol. The summed E-state index contributed by atoms with van der Waals surface area (Å²) in [5.74, 6) is -0.183. The number of nitrogens with one attached hydrogen (secondary N) is 2. The van der Waals surface area contributed by atoms with Crippen LogP contribution in [0.3, 0.4) is 0 Å². The molecule has 0 aliphatic heterocycles. The monoisotopic (exact) mass is 348 g/mol. The molecule has 2 N–H and O–H groups in total. The van der Waals surface area contributed by atoms with Crippen molar-refractivity contribution >= 4 is 40.4 Å². The van der Waals surface area contributed by atoms with E-state index in [0.29, 0.717) is 4.88 Å². The molecular formula is C19H16N4OS. The maximum atomic E-state index is 12.6. The van der Waals surface area contributed by atoms with Gasteiger partial charge in [-0.15, -0.1) is 11.3 Å². The zero-order valence-corrected chi connectivity index (χ0v) is 14.1. The second-order valence-corrected chi connectivity index (χ2v) is 5.97. The molecule has 0 unspecified atom stereocenters. The average molecular weight is 348 g/mol. The lowest BCUT2D eigenvalue weighted by Crippen LogP contribution is -2.17. The Balaban J connectivity index is 1.77. The van der Waals surface area contributed by atoms with Crippen molar-refractivity contribution in [1.82, 2.24) is 0 Å². The van der Waals surface area contributed by atoms with Crippen LogP contribution in [0.5, 0.6) is 0 Å². The fraction of sp³-hybridized carbons (Fsp3) is 0. The lowest BCUT2D eigenvalue weighted by Gasteiger charge is -2.03. The van der Waals surface area contributed by atoms with Crippen LogP contribution in [0.1, 0.15) is 9.67 Å². The molecule has 0 radical (unpaired) electrons. The normalized spacial score (nSPS) is 11.4. The first-order chi connectivity index (χ1) is 12.3. The minimum atomic E-state index is -0.183. The lowest BCUT2D eigenvalue weighted by atomic mass is 10.2. The second kappa shape index (κ2) is 8.56. The van der Waals surface area contributed by atoms with Crippen LogP contribution < -0.4 is 10.9 Å². The summed E-state index contributed by atoms with van der Waals surface area (Å²) in [6.45, 7) is 0. The number of ketones is 1. The first-order valence-electron chi connectivity index (χ1n) is 7.64. The van der Waals surface area contributed by atoms with Crippen molar-refractivity contribution in [3.8, 4) is 0 Å². The fourth-order valence-electron chi connectivity index (χ4n) is 1.99. The van der Waals surface area contributed by atoms with Gasteiger partial charge >= 0.3 is 0 Å². The van der Waals surface area contributed by atoms with Crippen molar-refractivity contribution in [1.29, 1.82) is 0 Å². The molecule has 1 heterocycles. The van der Waals surface area contributed by atoms with E-state index >= 15 is 0 Å². The van der Waals surface area contributed by atoms with Gasteiger partial charge in [-0.2, -0.15) is 10.2 Å². The number of hydrogen-bond donors (Lipinski definition) is 2. The number of Topliss-reactive ketones (excluding diaryl/α,β-unsaturated/α-hetero) is 1. The van der Waals surface area contributed by atoms with E-state index in [2.05, 4.69) is 21.1 Å². The molecule has 3 aromatic rings. The molecule has 0 bridgehead atoms. The van der Waals surface area contributed by atoms with Crippen LogP contribution in [0.4, 0.5) is 11.4 Å². The molecule has 2 aromatic carbocycles. The molecule has 0 aliphatic carbocycles. The number of para-hydroxylation sites is 2. The number of thiophene rings is 1. The summed E-state index contributed by atoms with van der Waals surface area (Å²) in [5, 5.41) is 10.2. The Morgan fingerprint density at radius 1 is 0.840 bits per heavy atom. The first-order valence-corrected chi connectivity index (χ1v) is 8.52. The molecule has 6 heteroatoms. The van der Waals surface area contributed by atoms with Crippen molar-refractivity contribution in [3.05, 3.63) is 83.1 Å². The molecule has 0 saturated carbocycles. The summed E-state index contributed by atoms with van der Waals surface area (Å²) < 4.78 is 0. The van der Waals surface area contributed by atoms with Crippen molar-refractivity contribution in [2.45, 2.75) is 0 Å². The minimum Gasteiger partial charge on any atom is -0.286 e. The smallest absolute Gasteiger partial charge is 0.224 e. The van der Waals surface area contributed by atoms with Gasteiger partial charge < -0.3 is 0 Å². The van der Waals surface area contributed by atoms with Gasteiger partial charge in [-0.3, -0.25) is 15.6 Å². The predicted molar refractivity (Wildman–Crippen MR) is 105 cm³/mol. The van der Waals surface area contributed by atoms with E-state index in [9.17, 15) is 4.79 Å². The lowest BCUT2D eigenvalue weighted by molar-refractivity contribution is 0.107. The molecule has 3 rings (SSSR count). The summed E-state index contributed by atoms with van der Waals surface area (Å²) in [7, 11) is 0. The third kappa shape index (κ3) is 4.86. The van der Waals surface area contributed by atoms with Gasteiger partial charge in [0.05, 0.1) is 22.5 Å². The Kier molecular flexibility index (Phi) is 5.68. The molecule has 1 aromatic heterocycles. The molecule has 25 heavy (non-hydrogen) atoms. The summed E-state index contributed by atoms with van der Waals surface area (Å²) in [4.78, 5) is 13.2. The van der Waals surface area contributed by atoms with E-state index in [1.807, 2.05) is 72.1 Å². The molecule has 0 spiro atoms. The largest absolute Gasteiger partial charge is 0.286 e. The van der Waals surface area contributed by atoms with Gasteiger partial charge in [0.25, 0.3) is 0 Å². The molecule has 5 nitrogen and oxygen atoms in total. The average Bonchev–Trinajstić information content (AvgIpc) is 3.20. The highest BCUT2D eigenvalue weighted by Gasteiger charge is 2.13. The molecule has 0 fully saturated rings. The number of rotatable bonds is 7. The van der Waals surface area contributed by atoms with Crippen LogP contribution in [-0.2, 0) is 0 Å². The minimum absolute atomic E-state index is 0.183. The topological polar surface area (TPSA) is 65.8 Å². The predicted octanol–water partition coefficient (Wildman–Crippen LogP) is 4.50. The molecule has 0 saturated heterocycles. The Labute approximate surface area is 149 Å². The van der Waals surface area contributed by atoms with Crippen LogP contribution in [0, 0.1) is 0 Å². The van der Waals surface area contributed by atoms with E-state index < -0.39 is 0 Å². The molecule has 124 valence electrons. The highest BCUT2D eigenvalue weighted by molar-refractivity contribution is 7.13. The Bertz CT molecular complexity index is 859. The third-order valence-corrected chi connectivity index (χ3v) is 4.08. The zero-order valence-electron chi connectivity index (χ0n) is 13.3. The standard InChI is InChI=1S/C19H16N4OS/c24-19(18-12-7-13-25-18)17(23-22-16-10-5-2-6-11-16)14-20-21-15-8-3-1-4-9-15/h1-14,21-22H/b20-14+,23-17+. The van der Waals surface area contributed by atoms with Gasteiger partial charge in [0.1, 0.15) is 0 Å². The summed E-state index contributed by atoms with van der Waals surface area (Å²) >= 11 is 1.37. The Morgan fingerprint density at radius 3 is 2.08 bits per heavy atom. The first kappa shape index (κ1) is 16.6. The highest BCUT2D eigenvalue weighted by atomic mass is 32.1. The van der Waals surface area contributed by atoms with E-state index in [4.69, 9.17) is 0 Å². The highest BCUT2D eigenvalue weighted by Crippen LogP contribution is 2.11. The summed E-state index contributed by atoms with van der Waals surface area (Å²) in [5.41, 5.74) is 7.62. The third-order valence-electron chi connectivity index (χ3n) is 3.21. The van der Waals surface area contributed by atoms with Crippen LogP contribution in [0.2, 0.25) is 0 Å². The molecule has 0 aliphatic rings. The van der Waals surface area contributed by atoms with Gasteiger partial charge in [0, 0.05) is 0 Å². The Morgan fingerprint density at radius 2 is 1.48 bits per heavy atom. The summed E-state index contributed by atoms with van der Waals surface area (Å²) in [6.07, 6.45) is 1.42. The number of carbonyl (C=O) groups is 1. The van der Waals surface area contributed by atoms with Crippen LogP contribution in [0.25, 0.3) is 0 Å². The van der Waals surface area contributed by atoms with Crippen LogP contribution >= 0.6 is 11.3 Å². The van der Waals surface area contributed by atoms with Crippen LogP contribution in [0.15, 0.2) is 88.4 Å². The summed E-state index contributed by atoms with van der Waals surface area (Å²) in [6, 6.07) is 22.5. The second-order valence-electron chi connectivity index (χ2n) is 5.02. The van der Waals surface area contributed by atoms with Gasteiger partial charge in [-0.1, -0.05) is 42.5 Å². The van der Waals surface area contributed by atoms with Crippen molar-refractivity contribution in [2.75, 3.05) is 10.9 Å². The number of nitrogens with zero attached hydrogens (tertiary/aromatic N) is 2. The van der Waals surface area contributed by atoms with Crippen molar-refractivity contribution in [3.63, 3.8) is 0 Å². The maximum absolute atomic E-state index is 12.6.